The molecule has 0 saturated carbocycles. The monoisotopic (exact) mass is 271 g/mol. The fourth-order valence-corrected chi connectivity index (χ4v) is 1.91. The lowest BCUT2D eigenvalue weighted by molar-refractivity contribution is 0.831. The number of benzene rings is 1. The van der Waals surface area contributed by atoms with Gasteiger partial charge in [0.15, 0.2) is 0 Å². The third-order valence-corrected chi connectivity index (χ3v) is 2.95. The molecule has 20 heavy (non-hydrogen) atoms. The molecule has 0 saturated heterocycles. The molecule has 0 bridgehead atoms. The summed E-state index contributed by atoms with van der Waals surface area (Å²) in [7, 11) is 0. The fourth-order valence-electron chi connectivity index (χ4n) is 1.91. The van der Waals surface area contributed by atoms with Crippen molar-refractivity contribution in [3.8, 4) is 0 Å². The molecule has 1 aromatic heterocycles. The fraction of sp³-hybridized carbons (Fsp3) is 0.333. The zero-order valence-corrected chi connectivity index (χ0v) is 11.8. The van der Waals surface area contributed by atoms with Gasteiger partial charge in [0.05, 0.1) is 5.52 Å². The van der Waals surface area contributed by atoms with Gasteiger partial charge in [-0.25, -0.2) is 4.98 Å². The van der Waals surface area contributed by atoms with Crippen LogP contribution in [0.5, 0.6) is 0 Å². The Balaban J connectivity index is 2.37. The van der Waals surface area contributed by atoms with Gasteiger partial charge in [-0.15, -0.1) is 6.58 Å². The maximum Gasteiger partial charge on any atom is 0.225 e. The summed E-state index contributed by atoms with van der Waals surface area (Å²) >= 11 is 0. The highest BCUT2D eigenvalue weighted by molar-refractivity contribution is 5.92. The van der Waals surface area contributed by atoms with Crippen molar-refractivity contribution in [1.82, 2.24) is 9.97 Å². The maximum atomic E-state index is 5.85. The van der Waals surface area contributed by atoms with Crippen LogP contribution in [0.1, 0.15) is 19.8 Å². The molecule has 5 nitrogen and oxygen atoms in total. The largest absolute Gasteiger partial charge is 0.399 e. The molecule has 4 N–H and O–H groups in total. The topological polar surface area (TPSA) is 75.9 Å². The lowest BCUT2D eigenvalue weighted by Crippen LogP contribution is -2.08. The molecule has 0 atom stereocenters. The van der Waals surface area contributed by atoms with Gasteiger partial charge in [-0.1, -0.05) is 19.4 Å². The third-order valence-electron chi connectivity index (χ3n) is 2.95. The van der Waals surface area contributed by atoms with Crippen LogP contribution in [0.2, 0.25) is 0 Å². The minimum atomic E-state index is 0.598. The van der Waals surface area contributed by atoms with E-state index in [9.17, 15) is 0 Å². The van der Waals surface area contributed by atoms with E-state index in [1.165, 1.54) is 0 Å². The summed E-state index contributed by atoms with van der Waals surface area (Å²) in [6.45, 7) is 7.37. The van der Waals surface area contributed by atoms with Gasteiger partial charge in [0.1, 0.15) is 5.82 Å². The van der Waals surface area contributed by atoms with Crippen LogP contribution >= 0.6 is 0 Å². The summed E-state index contributed by atoms with van der Waals surface area (Å²) in [6, 6.07) is 5.67. The molecule has 2 rings (SSSR count). The number of aromatic nitrogens is 2. The Morgan fingerprint density at radius 3 is 2.90 bits per heavy atom. The van der Waals surface area contributed by atoms with E-state index in [4.69, 9.17) is 5.73 Å². The average Bonchev–Trinajstić information content (AvgIpc) is 2.45. The van der Waals surface area contributed by atoms with Gasteiger partial charge in [-0.3, -0.25) is 0 Å². The number of rotatable bonds is 7. The van der Waals surface area contributed by atoms with Gasteiger partial charge in [0, 0.05) is 24.2 Å². The number of nitrogen functional groups attached to an aromatic ring is 1. The van der Waals surface area contributed by atoms with Crippen LogP contribution < -0.4 is 16.4 Å². The quantitative estimate of drug-likeness (QED) is 0.410. The number of fused-ring (bicyclic) bond motifs is 1. The predicted octanol–water partition coefficient (Wildman–Crippen LogP) is 3.02. The van der Waals surface area contributed by atoms with Crippen molar-refractivity contribution < 1.29 is 0 Å². The minimum absolute atomic E-state index is 0.598. The Hall–Kier alpha value is -2.30. The van der Waals surface area contributed by atoms with Gasteiger partial charge < -0.3 is 16.4 Å². The van der Waals surface area contributed by atoms with Gasteiger partial charge in [-0.2, -0.15) is 4.98 Å². The van der Waals surface area contributed by atoms with Crippen molar-refractivity contribution in [1.29, 1.82) is 0 Å². The minimum Gasteiger partial charge on any atom is -0.399 e. The molecular formula is C15H21N5. The van der Waals surface area contributed by atoms with E-state index in [1.54, 1.807) is 6.08 Å². The molecule has 0 spiro atoms. The molecule has 0 aliphatic carbocycles. The van der Waals surface area contributed by atoms with E-state index in [1.807, 2.05) is 18.2 Å². The number of hydrogen-bond donors (Lipinski definition) is 3. The Bertz CT molecular complexity index is 594. The zero-order chi connectivity index (χ0) is 14.4. The molecule has 2 aromatic rings. The molecule has 0 amide bonds. The second-order valence-electron chi connectivity index (χ2n) is 4.62. The predicted molar refractivity (Wildman–Crippen MR) is 86.0 cm³/mol. The van der Waals surface area contributed by atoms with Gasteiger partial charge in [0.25, 0.3) is 0 Å². The van der Waals surface area contributed by atoms with Crippen LogP contribution in [0.25, 0.3) is 10.9 Å². The van der Waals surface area contributed by atoms with Crippen molar-refractivity contribution in [3.05, 3.63) is 30.9 Å². The van der Waals surface area contributed by atoms with Crippen LogP contribution in [-0.4, -0.2) is 23.1 Å². The van der Waals surface area contributed by atoms with Crippen molar-refractivity contribution in [2.45, 2.75) is 19.8 Å². The van der Waals surface area contributed by atoms with Gasteiger partial charge in [0.2, 0.25) is 5.95 Å². The zero-order valence-electron chi connectivity index (χ0n) is 11.8. The Morgan fingerprint density at radius 1 is 1.30 bits per heavy atom. The number of nitrogens with one attached hydrogen (secondary N) is 2. The van der Waals surface area contributed by atoms with E-state index < -0.39 is 0 Å². The van der Waals surface area contributed by atoms with Crippen LogP contribution in [0, 0.1) is 0 Å². The van der Waals surface area contributed by atoms with Gasteiger partial charge in [-0.05, 0) is 24.6 Å². The second-order valence-corrected chi connectivity index (χ2v) is 4.62. The molecular weight excluding hydrogens is 250 g/mol. The lowest BCUT2D eigenvalue weighted by Gasteiger charge is -2.11. The van der Waals surface area contributed by atoms with Crippen molar-refractivity contribution in [3.63, 3.8) is 0 Å². The van der Waals surface area contributed by atoms with E-state index in [0.717, 1.165) is 36.1 Å². The van der Waals surface area contributed by atoms with Crippen LogP contribution in [0.4, 0.5) is 17.5 Å². The third kappa shape index (κ3) is 3.38. The van der Waals surface area contributed by atoms with Crippen molar-refractivity contribution >= 4 is 28.4 Å². The lowest BCUT2D eigenvalue weighted by atomic mass is 10.2. The summed E-state index contributed by atoms with van der Waals surface area (Å²) < 4.78 is 0. The number of hydrogen-bond acceptors (Lipinski definition) is 5. The normalized spacial score (nSPS) is 10.4. The molecule has 1 aromatic carbocycles. The molecule has 1 heterocycles. The van der Waals surface area contributed by atoms with Crippen molar-refractivity contribution in [2.24, 2.45) is 0 Å². The molecule has 106 valence electrons. The van der Waals surface area contributed by atoms with Crippen LogP contribution in [0.15, 0.2) is 30.9 Å². The van der Waals surface area contributed by atoms with E-state index >= 15 is 0 Å². The molecule has 0 fully saturated rings. The average molecular weight is 271 g/mol. The molecule has 0 aliphatic rings. The SMILES string of the molecule is C=CCNc1nc(NCCCC)c2cc(N)ccc2n1. The smallest absolute Gasteiger partial charge is 0.225 e. The first-order valence-electron chi connectivity index (χ1n) is 6.90. The maximum absolute atomic E-state index is 5.85. The first-order valence-corrected chi connectivity index (χ1v) is 6.90. The van der Waals surface area contributed by atoms with E-state index in [2.05, 4.69) is 34.1 Å². The standard InChI is InChI=1S/C15H21N5/c1-3-5-9-17-14-12-10-11(16)6-7-13(12)19-15(20-14)18-8-4-2/h4,6-7,10H,2-3,5,8-9,16H2,1H3,(H2,17,18,19,20). The van der Waals surface area contributed by atoms with Crippen LogP contribution in [-0.2, 0) is 0 Å². The molecule has 0 aliphatic heterocycles. The highest BCUT2D eigenvalue weighted by Gasteiger charge is 2.07. The molecule has 0 unspecified atom stereocenters. The number of nitrogens with two attached hydrogens (primary N) is 1. The first-order chi connectivity index (χ1) is 9.74. The Morgan fingerprint density at radius 2 is 2.15 bits per heavy atom. The first kappa shape index (κ1) is 14.1. The van der Waals surface area contributed by atoms with E-state index in [-0.39, 0.29) is 0 Å². The number of anilines is 3. The Kier molecular flexibility index (Phi) is 4.76. The second kappa shape index (κ2) is 6.75. The van der Waals surface area contributed by atoms with Crippen LogP contribution in [0.3, 0.4) is 0 Å². The highest BCUT2D eigenvalue weighted by Crippen LogP contribution is 2.24. The summed E-state index contributed by atoms with van der Waals surface area (Å²) in [4.78, 5) is 8.99. The highest BCUT2D eigenvalue weighted by atomic mass is 15.1. The summed E-state index contributed by atoms with van der Waals surface area (Å²) in [5.74, 6) is 1.42. The molecule has 0 radical (unpaired) electrons. The number of unbranched alkanes of at least 4 members (excludes halogenated alkanes) is 1. The van der Waals surface area contributed by atoms with Gasteiger partial charge >= 0.3 is 0 Å². The summed E-state index contributed by atoms with van der Waals surface area (Å²) in [5, 5.41) is 7.43. The van der Waals surface area contributed by atoms with E-state index in [0.29, 0.717) is 18.2 Å². The number of nitrogens with zero attached hydrogens (tertiary/aromatic N) is 2. The summed E-state index contributed by atoms with van der Waals surface area (Å²) in [6.07, 6.45) is 4.02. The molecule has 5 heteroatoms. The van der Waals surface area contributed by atoms with Crippen molar-refractivity contribution in [2.75, 3.05) is 29.5 Å². The Labute approximate surface area is 119 Å². The summed E-state index contributed by atoms with van der Waals surface area (Å²) in [5.41, 5.74) is 7.44.